The number of hydrogen-bond acceptors (Lipinski definition) is 5. The number of fused-ring (bicyclic) bond motifs is 1. The summed E-state index contributed by atoms with van der Waals surface area (Å²) in [6.45, 7) is 0. The minimum atomic E-state index is -0.590. The summed E-state index contributed by atoms with van der Waals surface area (Å²) in [7, 11) is 0. The molecular formula is C12H5BrF2N6S. The van der Waals surface area contributed by atoms with Crippen LogP contribution in [0.4, 0.5) is 8.78 Å². The van der Waals surface area contributed by atoms with Crippen molar-refractivity contribution in [1.29, 1.82) is 0 Å². The molecule has 0 saturated heterocycles. The standard InChI is InChI=1S/C12H5BrF2N6S/c13-7-4-16-17-9(7)11-20-21-10(18-19-12(21)22-11)6-3-5(14)1-2-8(6)15/h1-4H,(H,16,17). The topological polar surface area (TPSA) is 71.8 Å². The van der Waals surface area contributed by atoms with Gasteiger partial charge in [-0.25, -0.2) is 8.78 Å². The molecule has 10 heteroatoms. The quantitative estimate of drug-likeness (QED) is 0.577. The number of hydrogen-bond donors (Lipinski definition) is 1. The molecule has 1 aromatic carbocycles. The molecule has 0 atom stereocenters. The number of rotatable bonds is 2. The van der Waals surface area contributed by atoms with Gasteiger partial charge >= 0.3 is 0 Å². The van der Waals surface area contributed by atoms with Gasteiger partial charge in [0, 0.05) is 0 Å². The zero-order valence-electron chi connectivity index (χ0n) is 10.6. The predicted molar refractivity (Wildman–Crippen MR) is 79.3 cm³/mol. The molecule has 0 spiro atoms. The minimum absolute atomic E-state index is 0.00743. The lowest BCUT2D eigenvalue weighted by molar-refractivity contribution is 0.601. The Morgan fingerprint density at radius 1 is 1.23 bits per heavy atom. The van der Waals surface area contributed by atoms with Gasteiger partial charge in [-0.2, -0.15) is 14.7 Å². The Kier molecular flexibility index (Phi) is 3.01. The highest BCUT2D eigenvalue weighted by Crippen LogP contribution is 2.31. The van der Waals surface area contributed by atoms with E-state index >= 15 is 0 Å². The fourth-order valence-corrected chi connectivity index (χ4v) is 3.33. The van der Waals surface area contributed by atoms with Gasteiger partial charge in [-0.15, -0.1) is 10.2 Å². The summed E-state index contributed by atoms with van der Waals surface area (Å²) in [6, 6.07) is 3.16. The van der Waals surface area contributed by atoms with Crippen molar-refractivity contribution in [1.82, 2.24) is 30.0 Å². The van der Waals surface area contributed by atoms with Crippen molar-refractivity contribution in [2.24, 2.45) is 0 Å². The summed E-state index contributed by atoms with van der Waals surface area (Å²) in [5.74, 6) is -1.00. The summed E-state index contributed by atoms with van der Waals surface area (Å²) >= 11 is 4.61. The summed E-state index contributed by atoms with van der Waals surface area (Å²) in [6.07, 6.45) is 1.60. The van der Waals surface area contributed by atoms with Gasteiger partial charge in [-0.1, -0.05) is 11.3 Å². The van der Waals surface area contributed by atoms with Gasteiger partial charge < -0.3 is 0 Å². The molecule has 0 amide bonds. The van der Waals surface area contributed by atoms with Crippen molar-refractivity contribution in [2.75, 3.05) is 0 Å². The van der Waals surface area contributed by atoms with Crippen LogP contribution in [0.5, 0.6) is 0 Å². The van der Waals surface area contributed by atoms with Gasteiger partial charge in [0.1, 0.15) is 17.3 Å². The molecule has 4 rings (SSSR count). The fourth-order valence-electron chi connectivity index (χ4n) is 1.98. The van der Waals surface area contributed by atoms with Crippen LogP contribution in [0.15, 0.2) is 28.9 Å². The van der Waals surface area contributed by atoms with Crippen molar-refractivity contribution >= 4 is 32.2 Å². The number of benzene rings is 1. The van der Waals surface area contributed by atoms with E-state index in [2.05, 4.69) is 41.4 Å². The fraction of sp³-hybridized carbons (Fsp3) is 0. The molecule has 0 aliphatic carbocycles. The molecule has 0 radical (unpaired) electrons. The van der Waals surface area contributed by atoms with E-state index in [1.807, 2.05) is 0 Å². The number of aromatic nitrogens is 6. The van der Waals surface area contributed by atoms with Crippen LogP contribution in [0.3, 0.4) is 0 Å². The van der Waals surface area contributed by atoms with E-state index in [-0.39, 0.29) is 11.4 Å². The van der Waals surface area contributed by atoms with E-state index in [1.165, 1.54) is 15.9 Å². The molecule has 0 aliphatic rings. The Hall–Kier alpha value is -2.20. The van der Waals surface area contributed by atoms with Crippen molar-refractivity contribution in [3.05, 3.63) is 40.5 Å². The normalized spacial score (nSPS) is 11.4. The largest absolute Gasteiger partial charge is 0.274 e. The van der Waals surface area contributed by atoms with E-state index in [4.69, 9.17) is 0 Å². The monoisotopic (exact) mass is 382 g/mol. The summed E-state index contributed by atoms with van der Waals surface area (Å²) in [4.78, 5) is 0.468. The Balaban J connectivity index is 1.91. The molecule has 0 fully saturated rings. The molecule has 22 heavy (non-hydrogen) atoms. The van der Waals surface area contributed by atoms with Crippen LogP contribution in [-0.4, -0.2) is 30.0 Å². The predicted octanol–water partition coefficient (Wildman–Crippen LogP) is 3.28. The van der Waals surface area contributed by atoms with Crippen molar-refractivity contribution in [2.45, 2.75) is 0 Å². The molecule has 0 unspecified atom stereocenters. The van der Waals surface area contributed by atoms with E-state index < -0.39 is 11.6 Å². The summed E-state index contributed by atoms with van der Waals surface area (Å²) in [5, 5.41) is 19.5. The molecule has 3 heterocycles. The Labute approximate surface area is 133 Å². The lowest BCUT2D eigenvalue weighted by Gasteiger charge is -1.99. The average molecular weight is 383 g/mol. The van der Waals surface area contributed by atoms with Gasteiger partial charge in [0.15, 0.2) is 10.8 Å². The second-order valence-electron chi connectivity index (χ2n) is 4.34. The Morgan fingerprint density at radius 3 is 2.86 bits per heavy atom. The smallest absolute Gasteiger partial charge is 0.235 e. The SMILES string of the molecule is Fc1ccc(F)c(-c2nnc3sc(-c4[nH]ncc4Br)nn23)c1. The number of aromatic amines is 1. The van der Waals surface area contributed by atoms with Crippen LogP contribution >= 0.6 is 27.3 Å². The summed E-state index contributed by atoms with van der Waals surface area (Å²) in [5.41, 5.74) is 0.689. The van der Waals surface area contributed by atoms with Gasteiger partial charge in [0.2, 0.25) is 4.96 Å². The zero-order chi connectivity index (χ0) is 15.3. The third-order valence-electron chi connectivity index (χ3n) is 2.97. The first kappa shape index (κ1) is 13.5. The van der Waals surface area contributed by atoms with Gasteiger partial charge in [-0.3, -0.25) is 5.10 Å². The average Bonchev–Trinajstić information content (AvgIpc) is 3.16. The van der Waals surface area contributed by atoms with Crippen LogP contribution < -0.4 is 0 Å². The van der Waals surface area contributed by atoms with Crippen molar-refractivity contribution in [3.63, 3.8) is 0 Å². The minimum Gasteiger partial charge on any atom is -0.274 e. The summed E-state index contributed by atoms with van der Waals surface area (Å²) < 4.78 is 29.4. The Morgan fingerprint density at radius 2 is 2.09 bits per heavy atom. The Bertz CT molecular complexity index is 991. The molecule has 110 valence electrons. The molecule has 1 N–H and O–H groups in total. The van der Waals surface area contributed by atoms with Crippen molar-refractivity contribution < 1.29 is 8.78 Å². The van der Waals surface area contributed by atoms with E-state index in [0.717, 1.165) is 22.7 Å². The maximum absolute atomic E-state index is 13.9. The lowest BCUT2D eigenvalue weighted by Crippen LogP contribution is -1.94. The van der Waals surface area contributed by atoms with E-state index in [0.29, 0.717) is 15.7 Å². The third-order valence-corrected chi connectivity index (χ3v) is 4.48. The van der Waals surface area contributed by atoms with Crippen LogP contribution in [0.2, 0.25) is 0 Å². The van der Waals surface area contributed by atoms with E-state index in [9.17, 15) is 8.78 Å². The highest BCUT2D eigenvalue weighted by Gasteiger charge is 2.19. The molecular weight excluding hydrogens is 378 g/mol. The van der Waals surface area contributed by atoms with Crippen LogP contribution in [0, 0.1) is 11.6 Å². The number of halogens is 3. The second kappa shape index (κ2) is 4.92. The van der Waals surface area contributed by atoms with Crippen LogP contribution in [0.25, 0.3) is 27.1 Å². The zero-order valence-corrected chi connectivity index (χ0v) is 13.0. The molecule has 4 aromatic rings. The second-order valence-corrected chi connectivity index (χ2v) is 6.15. The first-order valence-electron chi connectivity index (χ1n) is 6.00. The maximum atomic E-state index is 13.9. The highest BCUT2D eigenvalue weighted by atomic mass is 79.9. The molecule has 0 bridgehead atoms. The van der Waals surface area contributed by atoms with E-state index in [1.54, 1.807) is 6.20 Å². The highest BCUT2D eigenvalue weighted by molar-refractivity contribution is 9.10. The maximum Gasteiger partial charge on any atom is 0.235 e. The molecule has 0 aliphatic heterocycles. The van der Waals surface area contributed by atoms with Crippen molar-refractivity contribution in [3.8, 4) is 22.1 Å². The number of nitrogens with zero attached hydrogens (tertiary/aromatic N) is 5. The molecule has 0 saturated carbocycles. The molecule has 3 aromatic heterocycles. The molecule has 6 nitrogen and oxygen atoms in total. The van der Waals surface area contributed by atoms with Crippen LogP contribution in [0.1, 0.15) is 0 Å². The first-order valence-corrected chi connectivity index (χ1v) is 7.61. The van der Waals surface area contributed by atoms with Crippen LogP contribution in [-0.2, 0) is 0 Å². The van der Waals surface area contributed by atoms with Gasteiger partial charge in [0.05, 0.1) is 16.2 Å². The number of nitrogens with one attached hydrogen (secondary N) is 1. The lowest BCUT2D eigenvalue weighted by atomic mass is 10.2. The first-order chi connectivity index (χ1) is 10.6. The number of H-pyrrole nitrogens is 1. The van der Waals surface area contributed by atoms with Gasteiger partial charge in [-0.05, 0) is 34.1 Å². The third kappa shape index (κ3) is 2.03. The van der Waals surface area contributed by atoms with Gasteiger partial charge in [0.25, 0.3) is 0 Å².